The summed E-state index contributed by atoms with van der Waals surface area (Å²) < 4.78 is 5.37. The molecule has 21 heavy (non-hydrogen) atoms. The number of nitrogens with zero attached hydrogens (tertiary/aromatic N) is 3. The molecule has 1 amide bonds. The smallest absolute Gasteiger partial charge is 0.306 e. The van der Waals surface area contributed by atoms with Crippen LogP contribution in [0, 0.1) is 0 Å². The summed E-state index contributed by atoms with van der Waals surface area (Å²) in [7, 11) is 3.71. The molecule has 1 aromatic heterocycles. The Morgan fingerprint density at radius 2 is 2.29 bits per heavy atom. The molecule has 1 aliphatic rings. The molecule has 1 aliphatic heterocycles. The fourth-order valence-corrected chi connectivity index (χ4v) is 2.20. The van der Waals surface area contributed by atoms with Crippen LogP contribution in [0.5, 0.6) is 0 Å². The van der Waals surface area contributed by atoms with Crippen molar-refractivity contribution in [2.24, 2.45) is 0 Å². The van der Waals surface area contributed by atoms with Gasteiger partial charge in [-0.05, 0) is 12.1 Å². The first-order valence-corrected chi connectivity index (χ1v) is 6.73. The van der Waals surface area contributed by atoms with E-state index in [1.807, 2.05) is 19.0 Å². The molecule has 0 aromatic carbocycles. The highest BCUT2D eigenvalue weighted by molar-refractivity contribution is 5.95. The number of hydrogen-bond donors (Lipinski definition) is 1. The summed E-state index contributed by atoms with van der Waals surface area (Å²) in [5.41, 5.74) is 0.546. The maximum Gasteiger partial charge on any atom is 0.306 e. The van der Waals surface area contributed by atoms with Crippen LogP contribution < -0.4 is 4.90 Å². The van der Waals surface area contributed by atoms with Crippen LogP contribution in [-0.4, -0.2) is 66.8 Å². The lowest BCUT2D eigenvalue weighted by atomic mass is 10.1. The van der Waals surface area contributed by atoms with Gasteiger partial charge in [0.15, 0.2) is 0 Å². The van der Waals surface area contributed by atoms with Gasteiger partial charge in [0, 0.05) is 38.9 Å². The minimum Gasteiger partial charge on any atom is -0.481 e. The van der Waals surface area contributed by atoms with Crippen molar-refractivity contribution in [3.05, 3.63) is 23.9 Å². The van der Waals surface area contributed by atoms with Crippen molar-refractivity contribution in [2.75, 3.05) is 38.7 Å². The van der Waals surface area contributed by atoms with E-state index in [0.717, 1.165) is 0 Å². The molecule has 7 heteroatoms. The van der Waals surface area contributed by atoms with Gasteiger partial charge in [0.25, 0.3) is 5.91 Å². The number of pyridine rings is 1. The molecule has 0 radical (unpaired) electrons. The number of carbonyl (C=O) groups excluding carboxylic acids is 1. The number of anilines is 1. The monoisotopic (exact) mass is 293 g/mol. The van der Waals surface area contributed by atoms with E-state index in [0.29, 0.717) is 31.1 Å². The third-order valence-electron chi connectivity index (χ3n) is 3.28. The predicted molar refractivity (Wildman–Crippen MR) is 76.5 cm³/mol. The molecule has 7 nitrogen and oxygen atoms in total. The van der Waals surface area contributed by atoms with Gasteiger partial charge in [-0.15, -0.1) is 0 Å². The van der Waals surface area contributed by atoms with E-state index in [4.69, 9.17) is 9.84 Å². The van der Waals surface area contributed by atoms with Crippen LogP contribution in [0.2, 0.25) is 0 Å². The first-order valence-electron chi connectivity index (χ1n) is 6.73. The zero-order valence-corrected chi connectivity index (χ0v) is 12.2. The number of carboxylic acids is 1. The number of rotatable bonds is 4. The average molecular weight is 293 g/mol. The molecule has 0 aliphatic carbocycles. The van der Waals surface area contributed by atoms with E-state index in [-0.39, 0.29) is 12.3 Å². The number of amides is 1. The lowest BCUT2D eigenvalue weighted by Gasteiger charge is -2.32. The van der Waals surface area contributed by atoms with E-state index in [1.54, 1.807) is 23.2 Å². The summed E-state index contributed by atoms with van der Waals surface area (Å²) in [6.07, 6.45) is 1.05. The minimum atomic E-state index is -0.923. The average Bonchev–Trinajstić information content (AvgIpc) is 2.46. The molecule has 1 fully saturated rings. The van der Waals surface area contributed by atoms with Crippen molar-refractivity contribution in [3.63, 3.8) is 0 Å². The Morgan fingerprint density at radius 1 is 1.52 bits per heavy atom. The zero-order valence-electron chi connectivity index (χ0n) is 12.2. The van der Waals surface area contributed by atoms with Gasteiger partial charge in [-0.3, -0.25) is 9.59 Å². The van der Waals surface area contributed by atoms with Gasteiger partial charge in [0.05, 0.1) is 19.1 Å². The highest BCUT2D eigenvalue weighted by Crippen LogP contribution is 2.15. The summed E-state index contributed by atoms with van der Waals surface area (Å²) in [6, 6.07) is 3.39. The number of aromatic nitrogens is 1. The molecular formula is C14H19N3O4. The number of carboxylic acid groups (broad SMARTS) is 1. The Bertz CT molecular complexity index is 533. The number of carbonyl (C=O) groups is 2. The lowest BCUT2D eigenvalue weighted by Crippen LogP contribution is -2.46. The third-order valence-corrected chi connectivity index (χ3v) is 3.28. The molecule has 1 unspecified atom stereocenters. The van der Waals surface area contributed by atoms with Crippen LogP contribution in [0.25, 0.3) is 0 Å². The predicted octanol–water partition coefficient (Wildman–Crippen LogP) is 0.463. The fourth-order valence-electron chi connectivity index (χ4n) is 2.20. The van der Waals surface area contributed by atoms with Crippen LogP contribution in [0.3, 0.4) is 0 Å². The van der Waals surface area contributed by atoms with Crippen molar-refractivity contribution < 1.29 is 19.4 Å². The van der Waals surface area contributed by atoms with Crippen LogP contribution in [0.1, 0.15) is 16.8 Å². The molecule has 2 rings (SSSR count). The zero-order chi connectivity index (χ0) is 15.4. The van der Waals surface area contributed by atoms with Crippen molar-refractivity contribution in [1.82, 2.24) is 9.88 Å². The molecule has 114 valence electrons. The van der Waals surface area contributed by atoms with Crippen molar-refractivity contribution in [1.29, 1.82) is 0 Å². The van der Waals surface area contributed by atoms with E-state index in [2.05, 4.69) is 4.98 Å². The molecule has 0 saturated carbocycles. The first kappa shape index (κ1) is 15.2. The van der Waals surface area contributed by atoms with Gasteiger partial charge in [-0.2, -0.15) is 0 Å². The van der Waals surface area contributed by atoms with Crippen LogP contribution in [0.4, 0.5) is 5.82 Å². The Balaban J connectivity index is 2.08. The van der Waals surface area contributed by atoms with Crippen molar-refractivity contribution in [3.8, 4) is 0 Å². The molecule has 1 atom stereocenters. The molecule has 1 saturated heterocycles. The summed E-state index contributed by atoms with van der Waals surface area (Å²) in [6.45, 7) is 1.12. The van der Waals surface area contributed by atoms with Crippen molar-refractivity contribution >= 4 is 17.7 Å². The maximum absolute atomic E-state index is 12.5. The van der Waals surface area contributed by atoms with Gasteiger partial charge in [0.2, 0.25) is 0 Å². The summed E-state index contributed by atoms with van der Waals surface area (Å²) in [5, 5.41) is 8.81. The SMILES string of the molecule is CN(C)c1cc(C(=O)N2CCOC(CC(=O)O)C2)ccn1. The Hall–Kier alpha value is -2.15. The summed E-state index contributed by atoms with van der Waals surface area (Å²) in [5.74, 6) is -0.344. The second kappa shape index (κ2) is 6.53. The van der Waals surface area contributed by atoms with E-state index in [1.165, 1.54) is 0 Å². The second-order valence-corrected chi connectivity index (χ2v) is 5.14. The molecule has 0 bridgehead atoms. The number of morpholine rings is 1. The standard InChI is InChI=1S/C14H19N3O4/c1-16(2)12-7-10(3-4-15-12)14(20)17-5-6-21-11(9-17)8-13(18)19/h3-4,7,11H,5-6,8-9H2,1-2H3,(H,18,19). The van der Waals surface area contributed by atoms with Gasteiger partial charge < -0.3 is 19.6 Å². The van der Waals surface area contributed by atoms with Gasteiger partial charge in [0.1, 0.15) is 5.82 Å². The van der Waals surface area contributed by atoms with Crippen LogP contribution in [0.15, 0.2) is 18.3 Å². The topological polar surface area (TPSA) is 83.0 Å². The largest absolute Gasteiger partial charge is 0.481 e. The van der Waals surface area contributed by atoms with E-state index < -0.39 is 12.1 Å². The highest BCUT2D eigenvalue weighted by Gasteiger charge is 2.26. The molecule has 2 heterocycles. The Kier molecular flexibility index (Phi) is 4.74. The molecular weight excluding hydrogens is 274 g/mol. The second-order valence-electron chi connectivity index (χ2n) is 5.14. The van der Waals surface area contributed by atoms with Gasteiger partial charge >= 0.3 is 5.97 Å². The van der Waals surface area contributed by atoms with Crippen LogP contribution >= 0.6 is 0 Å². The van der Waals surface area contributed by atoms with E-state index >= 15 is 0 Å². The number of hydrogen-bond acceptors (Lipinski definition) is 5. The normalized spacial score (nSPS) is 18.4. The maximum atomic E-state index is 12.5. The quantitative estimate of drug-likeness (QED) is 0.868. The third kappa shape index (κ3) is 3.91. The summed E-state index contributed by atoms with van der Waals surface area (Å²) in [4.78, 5) is 30.8. The molecule has 1 aromatic rings. The van der Waals surface area contributed by atoms with Crippen molar-refractivity contribution in [2.45, 2.75) is 12.5 Å². The number of aliphatic carboxylic acids is 1. The number of ether oxygens (including phenoxy) is 1. The summed E-state index contributed by atoms with van der Waals surface area (Å²) >= 11 is 0. The molecule has 1 N–H and O–H groups in total. The molecule has 0 spiro atoms. The lowest BCUT2D eigenvalue weighted by molar-refractivity contribution is -0.141. The highest BCUT2D eigenvalue weighted by atomic mass is 16.5. The van der Waals surface area contributed by atoms with Gasteiger partial charge in [-0.25, -0.2) is 4.98 Å². The van der Waals surface area contributed by atoms with Gasteiger partial charge in [-0.1, -0.05) is 0 Å². The minimum absolute atomic E-state index is 0.0942. The van der Waals surface area contributed by atoms with E-state index in [9.17, 15) is 9.59 Å². The first-order chi connectivity index (χ1) is 9.97. The fraction of sp³-hybridized carbons (Fsp3) is 0.500. The Labute approximate surface area is 123 Å². The Morgan fingerprint density at radius 3 is 2.95 bits per heavy atom. The van der Waals surface area contributed by atoms with Crippen LogP contribution in [-0.2, 0) is 9.53 Å².